The Morgan fingerprint density at radius 2 is 1.79 bits per heavy atom. The van der Waals surface area contributed by atoms with Gasteiger partial charge in [0, 0.05) is 12.6 Å². The number of fused-ring (bicyclic) bond motifs is 1. The van der Waals surface area contributed by atoms with Gasteiger partial charge in [-0.3, -0.25) is 13.9 Å². The maximum absolute atomic E-state index is 12.9. The van der Waals surface area contributed by atoms with E-state index in [4.69, 9.17) is 4.42 Å². The molecule has 0 bridgehead atoms. The van der Waals surface area contributed by atoms with Crippen LogP contribution in [0.2, 0.25) is 0 Å². The number of benzene rings is 1. The van der Waals surface area contributed by atoms with Crippen molar-refractivity contribution in [1.29, 1.82) is 0 Å². The predicted octanol–water partition coefficient (Wildman–Crippen LogP) is 2.82. The van der Waals surface area contributed by atoms with Crippen LogP contribution in [0.3, 0.4) is 0 Å². The molecule has 0 unspecified atom stereocenters. The topological polar surface area (TPSA) is 82.9 Å². The monoisotopic (exact) mass is 402 g/mol. The summed E-state index contributed by atoms with van der Waals surface area (Å²) in [4.78, 5) is 32.8. The van der Waals surface area contributed by atoms with Gasteiger partial charge in [0.15, 0.2) is 5.76 Å². The molecule has 0 aliphatic rings. The Morgan fingerprint density at radius 1 is 1.07 bits per heavy atom. The third-order valence-corrected chi connectivity index (χ3v) is 4.38. The van der Waals surface area contributed by atoms with E-state index in [9.17, 15) is 22.8 Å². The summed E-state index contributed by atoms with van der Waals surface area (Å²) in [6.45, 7) is -0.269. The Bertz CT molecular complexity index is 1320. The van der Waals surface area contributed by atoms with Crippen molar-refractivity contribution in [3.8, 4) is 11.3 Å². The molecular weight excluding hydrogens is 389 g/mol. The van der Waals surface area contributed by atoms with Crippen LogP contribution < -0.4 is 11.2 Å². The van der Waals surface area contributed by atoms with Crippen molar-refractivity contribution >= 4 is 11.0 Å². The fourth-order valence-electron chi connectivity index (χ4n) is 2.93. The lowest BCUT2D eigenvalue weighted by atomic mass is 10.2. The van der Waals surface area contributed by atoms with E-state index < -0.39 is 23.1 Å². The predicted molar refractivity (Wildman–Crippen MR) is 97.3 cm³/mol. The Kier molecular flexibility index (Phi) is 4.33. The molecule has 10 heteroatoms. The first-order valence-corrected chi connectivity index (χ1v) is 8.43. The van der Waals surface area contributed by atoms with Gasteiger partial charge in [0.25, 0.3) is 5.56 Å². The largest absolute Gasteiger partial charge is 0.439 e. The van der Waals surface area contributed by atoms with Crippen LogP contribution >= 0.6 is 0 Å². The summed E-state index contributed by atoms with van der Waals surface area (Å²) in [7, 11) is 1.25. The van der Waals surface area contributed by atoms with Crippen molar-refractivity contribution in [3.63, 3.8) is 0 Å². The molecule has 1 aromatic carbocycles. The van der Waals surface area contributed by atoms with E-state index in [2.05, 4.69) is 9.97 Å². The molecule has 3 heterocycles. The lowest BCUT2D eigenvalue weighted by molar-refractivity contribution is -0.141. The molecular formula is C19H13F3N4O3. The van der Waals surface area contributed by atoms with Crippen LogP contribution in [0.5, 0.6) is 0 Å². The van der Waals surface area contributed by atoms with Crippen molar-refractivity contribution < 1.29 is 17.6 Å². The van der Waals surface area contributed by atoms with Gasteiger partial charge in [-0.2, -0.15) is 13.2 Å². The summed E-state index contributed by atoms with van der Waals surface area (Å²) in [5.74, 6) is 0.574. The maximum atomic E-state index is 12.9. The van der Waals surface area contributed by atoms with Crippen LogP contribution in [-0.4, -0.2) is 19.1 Å². The van der Waals surface area contributed by atoms with Gasteiger partial charge in [0.05, 0.1) is 11.6 Å². The van der Waals surface area contributed by atoms with Gasteiger partial charge in [0.2, 0.25) is 5.89 Å². The van der Waals surface area contributed by atoms with Gasteiger partial charge < -0.3 is 4.42 Å². The first-order valence-electron chi connectivity index (χ1n) is 8.43. The van der Waals surface area contributed by atoms with Crippen molar-refractivity contribution in [1.82, 2.24) is 19.1 Å². The number of hydrogen-bond donors (Lipinski definition) is 0. The highest BCUT2D eigenvalue weighted by molar-refractivity contribution is 5.74. The number of rotatable bonds is 3. The first-order chi connectivity index (χ1) is 13.8. The van der Waals surface area contributed by atoms with E-state index in [1.54, 1.807) is 0 Å². The summed E-state index contributed by atoms with van der Waals surface area (Å²) in [6.07, 6.45) is -3.22. The van der Waals surface area contributed by atoms with Crippen LogP contribution in [0.25, 0.3) is 22.4 Å². The highest BCUT2D eigenvalue weighted by atomic mass is 19.4. The van der Waals surface area contributed by atoms with Crippen molar-refractivity contribution in [2.45, 2.75) is 12.7 Å². The van der Waals surface area contributed by atoms with E-state index in [0.29, 0.717) is 11.8 Å². The third-order valence-electron chi connectivity index (χ3n) is 4.38. The summed E-state index contributed by atoms with van der Waals surface area (Å²) in [5.41, 5.74) is -2.35. The highest BCUT2D eigenvalue weighted by Gasteiger charge is 2.33. The summed E-state index contributed by atoms with van der Waals surface area (Å²) < 4.78 is 46.1. The summed E-state index contributed by atoms with van der Waals surface area (Å²) in [5, 5.41) is -0.116. The molecule has 0 aliphatic carbocycles. The molecule has 0 saturated carbocycles. The molecule has 0 amide bonds. The van der Waals surface area contributed by atoms with Crippen molar-refractivity contribution in [2.24, 2.45) is 7.05 Å². The zero-order chi connectivity index (χ0) is 20.8. The molecule has 7 nitrogen and oxygen atoms in total. The van der Waals surface area contributed by atoms with E-state index in [1.807, 2.05) is 30.3 Å². The number of alkyl halides is 3. The molecule has 29 heavy (non-hydrogen) atoms. The van der Waals surface area contributed by atoms with E-state index in [1.165, 1.54) is 13.2 Å². The van der Waals surface area contributed by atoms with Crippen molar-refractivity contribution in [3.05, 3.63) is 81.1 Å². The highest BCUT2D eigenvalue weighted by Crippen LogP contribution is 2.28. The number of pyridine rings is 1. The van der Waals surface area contributed by atoms with Crippen molar-refractivity contribution in [2.75, 3.05) is 0 Å². The number of halogens is 3. The smallest absolute Gasteiger partial charge is 0.433 e. The molecule has 0 atom stereocenters. The first kappa shape index (κ1) is 18.7. The van der Waals surface area contributed by atoms with Crippen LogP contribution in [0.1, 0.15) is 11.6 Å². The van der Waals surface area contributed by atoms with Crippen LogP contribution in [-0.2, 0) is 19.8 Å². The third kappa shape index (κ3) is 3.33. The molecule has 0 N–H and O–H groups in total. The lowest BCUT2D eigenvalue weighted by Crippen LogP contribution is -2.39. The molecule has 3 aromatic heterocycles. The number of hydrogen-bond acceptors (Lipinski definition) is 5. The van der Waals surface area contributed by atoms with Gasteiger partial charge in [-0.25, -0.2) is 14.8 Å². The van der Waals surface area contributed by atoms with E-state index >= 15 is 0 Å². The standard InChI is InChI=1S/C19H13F3N4O3/c1-25-16-12(7-8-14(24-16)19(20,21)22)17(27)26(18(25)28)10-15-23-9-13(29-15)11-5-3-2-4-6-11/h2-9H,10H2,1H3. The fraction of sp³-hybridized carbons (Fsp3) is 0.158. The van der Waals surface area contributed by atoms with Gasteiger partial charge >= 0.3 is 11.9 Å². The van der Waals surface area contributed by atoms with Crippen LogP contribution in [0, 0.1) is 0 Å². The molecule has 4 rings (SSSR count). The van der Waals surface area contributed by atoms with E-state index in [0.717, 1.165) is 20.8 Å². The SMILES string of the molecule is Cn1c(=O)n(Cc2ncc(-c3ccccc3)o2)c(=O)c2ccc(C(F)(F)F)nc21. The molecule has 0 spiro atoms. The minimum atomic E-state index is -4.69. The number of nitrogens with zero attached hydrogens (tertiary/aromatic N) is 4. The number of aryl methyl sites for hydroxylation is 1. The fourth-order valence-corrected chi connectivity index (χ4v) is 2.93. The zero-order valence-electron chi connectivity index (χ0n) is 15.0. The van der Waals surface area contributed by atoms with Gasteiger partial charge in [-0.05, 0) is 12.1 Å². The molecule has 4 aromatic rings. The maximum Gasteiger partial charge on any atom is 0.433 e. The average Bonchev–Trinajstić information content (AvgIpc) is 3.18. The second kappa shape index (κ2) is 6.73. The number of aromatic nitrogens is 4. The molecule has 0 radical (unpaired) electrons. The minimum absolute atomic E-state index is 0.113. The summed E-state index contributed by atoms with van der Waals surface area (Å²) >= 11 is 0. The Hall–Kier alpha value is -3.69. The van der Waals surface area contributed by atoms with Crippen LogP contribution in [0.4, 0.5) is 13.2 Å². The quantitative estimate of drug-likeness (QED) is 0.526. The van der Waals surface area contributed by atoms with Crippen LogP contribution in [0.15, 0.2) is 62.7 Å². The zero-order valence-corrected chi connectivity index (χ0v) is 15.0. The Labute approximate surface area is 160 Å². The molecule has 0 aliphatic heterocycles. The number of oxazole rings is 1. The molecule has 0 fully saturated rings. The van der Waals surface area contributed by atoms with E-state index in [-0.39, 0.29) is 23.5 Å². The Morgan fingerprint density at radius 3 is 2.48 bits per heavy atom. The summed E-state index contributed by atoms with van der Waals surface area (Å²) in [6, 6.07) is 10.8. The van der Waals surface area contributed by atoms with Gasteiger partial charge in [-0.1, -0.05) is 30.3 Å². The average molecular weight is 402 g/mol. The van der Waals surface area contributed by atoms with Gasteiger partial charge in [0.1, 0.15) is 17.9 Å². The molecule has 0 saturated heterocycles. The normalized spacial score (nSPS) is 11.9. The van der Waals surface area contributed by atoms with Gasteiger partial charge in [-0.15, -0.1) is 0 Å². The molecule has 148 valence electrons. The Balaban J connectivity index is 1.78. The second-order valence-electron chi connectivity index (χ2n) is 6.28. The lowest BCUT2D eigenvalue weighted by Gasteiger charge is -2.11. The minimum Gasteiger partial charge on any atom is -0.439 e. The second-order valence-corrected chi connectivity index (χ2v) is 6.28.